The smallest absolute Gasteiger partial charge is 0.133 e. The van der Waals surface area contributed by atoms with E-state index in [-0.39, 0.29) is 0 Å². The van der Waals surface area contributed by atoms with Crippen LogP contribution in [0.5, 0.6) is 0 Å². The van der Waals surface area contributed by atoms with Crippen molar-refractivity contribution in [1.82, 2.24) is 20.3 Å². The lowest BCUT2D eigenvalue weighted by Gasteiger charge is -2.34. The fraction of sp³-hybridized carbons (Fsp3) is 0.800. The standard InChI is InChI=1S/C15H26N4O/c1-12(2)19-8-6-13(7-9-19)10-15(20)5-3-4-14-11-16-18-17-14/h11-13H,3-10H2,1-2H3,(H,16,17,18). The van der Waals surface area contributed by atoms with Gasteiger partial charge in [-0.05, 0) is 58.5 Å². The van der Waals surface area contributed by atoms with Gasteiger partial charge in [-0.15, -0.1) is 0 Å². The van der Waals surface area contributed by atoms with Gasteiger partial charge < -0.3 is 4.90 Å². The number of carbonyl (C=O) groups excluding carboxylic acids is 1. The number of nitrogens with zero attached hydrogens (tertiary/aromatic N) is 3. The molecule has 0 bridgehead atoms. The molecule has 20 heavy (non-hydrogen) atoms. The summed E-state index contributed by atoms with van der Waals surface area (Å²) in [5.74, 6) is 1.01. The van der Waals surface area contributed by atoms with Gasteiger partial charge >= 0.3 is 0 Å². The lowest BCUT2D eigenvalue weighted by atomic mass is 9.90. The van der Waals surface area contributed by atoms with Crippen molar-refractivity contribution in [3.05, 3.63) is 11.9 Å². The van der Waals surface area contributed by atoms with Crippen LogP contribution in [0.4, 0.5) is 0 Å². The normalized spacial score (nSPS) is 17.8. The maximum absolute atomic E-state index is 12.0. The minimum absolute atomic E-state index is 0.413. The van der Waals surface area contributed by atoms with Crippen molar-refractivity contribution in [2.45, 2.75) is 58.4 Å². The number of aryl methyl sites for hydroxylation is 1. The summed E-state index contributed by atoms with van der Waals surface area (Å²) in [5.41, 5.74) is 0.947. The molecule has 0 radical (unpaired) electrons. The second-order valence-electron chi connectivity index (χ2n) is 6.13. The molecular formula is C15H26N4O. The van der Waals surface area contributed by atoms with Crippen LogP contribution < -0.4 is 0 Å². The first-order chi connectivity index (χ1) is 9.65. The van der Waals surface area contributed by atoms with Gasteiger partial charge in [-0.2, -0.15) is 15.4 Å². The fourth-order valence-electron chi connectivity index (χ4n) is 2.91. The van der Waals surface area contributed by atoms with Crippen molar-refractivity contribution in [2.24, 2.45) is 5.92 Å². The van der Waals surface area contributed by atoms with E-state index < -0.39 is 0 Å². The maximum atomic E-state index is 12.0. The number of rotatable bonds is 7. The lowest BCUT2D eigenvalue weighted by Crippen LogP contribution is -2.38. The first-order valence-corrected chi connectivity index (χ1v) is 7.75. The number of likely N-dealkylation sites (tertiary alicyclic amines) is 1. The molecular weight excluding hydrogens is 252 g/mol. The Hall–Kier alpha value is -1.23. The highest BCUT2D eigenvalue weighted by Crippen LogP contribution is 2.22. The monoisotopic (exact) mass is 278 g/mol. The number of aromatic nitrogens is 3. The molecule has 0 amide bonds. The predicted molar refractivity (Wildman–Crippen MR) is 78.4 cm³/mol. The largest absolute Gasteiger partial charge is 0.301 e. The van der Waals surface area contributed by atoms with Crippen LogP contribution in [0.15, 0.2) is 6.20 Å². The molecule has 112 valence electrons. The van der Waals surface area contributed by atoms with Crippen molar-refractivity contribution < 1.29 is 4.79 Å². The third kappa shape index (κ3) is 4.71. The zero-order chi connectivity index (χ0) is 14.4. The van der Waals surface area contributed by atoms with Crippen molar-refractivity contribution in [2.75, 3.05) is 13.1 Å². The summed E-state index contributed by atoms with van der Waals surface area (Å²) >= 11 is 0. The molecule has 1 aliphatic rings. The van der Waals surface area contributed by atoms with E-state index in [0.717, 1.165) is 38.0 Å². The molecule has 5 heteroatoms. The Morgan fingerprint density at radius 1 is 1.45 bits per heavy atom. The van der Waals surface area contributed by atoms with Gasteiger partial charge in [-0.1, -0.05) is 0 Å². The summed E-state index contributed by atoms with van der Waals surface area (Å²) in [6.07, 6.45) is 7.25. The first kappa shape index (κ1) is 15.2. The molecule has 1 aromatic heterocycles. The Morgan fingerprint density at radius 2 is 2.20 bits per heavy atom. The number of hydrogen-bond acceptors (Lipinski definition) is 4. The second-order valence-corrected chi connectivity index (χ2v) is 6.13. The maximum Gasteiger partial charge on any atom is 0.133 e. The summed E-state index contributed by atoms with van der Waals surface area (Å²) in [6.45, 7) is 6.79. The minimum Gasteiger partial charge on any atom is -0.301 e. The van der Waals surface area contributed by atoms with Gasteiger partial charge in [0.1, 0.15) is 5.78 Å². The van der Waals surface area contributed by atoms with Crippen LogP contribution in [0.3, 0.4) is 0 Å². The van der Waals surface area contributed by atoms with Gasteiger partial charge in [0.25, 0.3) is 0 Å². The number of aromatic amines is 1. The molecule has 1 N–H and O–H groups in total. The second kappa shape index (κ2) is 7.53. The molecule has 0 spiro atoms. The number of piperidine rings is 1. The Balaban J connectivity index is 1.60. The van der Waals surface area contributed by atoms with Crippen LogP contribution in [0.1, 0.15) is 51.6 Å². The Kier molecular flexibility index (Phi) is 5.71. The average Bonchev–Trinajstić information content (AvgIpc) is 2.92. The number of ketones is 1. The highest BCUT2D eigenvalue weighted by Gasteiger charge is 2.22. The molecule has 0 aliphatic carbocycles. The zero-order valence-corrected chi connectivity index (χ0v) is 12.6. The third-order valence-electron chi connectivity index (χ3n) is 4.25. The van der Waals surface area contributed by atoms with Crippen LogP contribution in [-0.2, 0) is 11.2 Å². The van der Waals surface area contributed by atoms with E-state index in [4.69, 9.17) is 0 Å². The predicted octanol–water partition coefficient (Wildman–Crippen LogP) is 2.21. The summed E-state index contributed by atoms with van der Waals surface area (Å²) in [6, 6.07) is 0.633. The molecule has 1 aliphatic heterocycles. The molecule has 2 heterocycles. The van der Waals surface area contributed by atoms with Crippen LogP contribution in [0.25, 0.3) is 0 Å². The number of carbonyl (C=O) groups is 1. The molecule has 0 aromatic carbocycles. The Labute approximate surface area is 121 Å². The molecule has 1 saturated heterocycles. The van der Waals surface area contributed by atoms with Gasteiger partial charge in [0.05, 0.1) is 11.9 Å². The highest BCUT2D eigenvalue weighted by atomic mass is 16.1. The highest BCUT2D eigenvalue weighted by molar-refractivity contribution is 5.78. The van der Waals surface area contributed by atoms with Crippen molar-refractivity contribution >= 4 is 5.78 Å². The molecule has 1 aromatic rings. The van der Waals surface area contributed by atoms with Gasteiger partial charge in [0, 0.05) is 18.9 Å². The van der Waals surface area contributed by atoms with Crippen LogP contribution >= 0.6 is 0 Å². The average molecular weight is 278 g/mol. The SMILES string of the molecule is CC(C)N1CCC(CC(=O)CCCc2cn[nH]n2)CC1. The van der Waals surface area contributed by atoms with Gasteiger partial charge in [-0.25, -0.2) is 0 Å². The minimum atomic E-state index is 0.413. The van der Waals surface area contributed by atoms with Gasteiger partial charge in [0.2, 0.25) is 0 Å². The quantitative estimate of drug-likeness (QED) is 0.830. The van der Waals surface area contributed by atoms with E-state index in [0.29, 0.717) is 24.2 Å². The molecule has 0 saturated carbocycles. The van der Waals surface area contributed by atoms with E-state index in [2.05, 4.69) is 34.2 Å². The number of hydrogen-bond donors (Lipinski definition) is 1. The van der Waals surface area contributed by atoms with Crippen LogP contribution in [0, 0.1) is 5.92 Å². The van der Waals surface area contributed by atoms with E-state index in [1.807, 2.05) is 0 Å². The van der Waals surface area contributed by atoms with E-state index >= 15 is 0 Å². The summed E-state index contributed by atoms with van der Waals surface area (Å²) < 4.78 is 0. The fourth-order valence-corrected chi connectivity index (χ4v) is 2.91. The molecule has 0 atom stereocenters. The zero-order valence-electron chi connectivity index (χ0n) is 12.6. The van der Waals surface area contributed by atoms with Crippen molar-refractivity contribution in [3.8, 4) is 0 Å². The van der Waals surface area contributed by atoms with E-state index in [9.17, 15) is 4.79 Å². The molecule has 5 nitrogen and oxygen atoms in total. The Bertz CT molecular complexity index is 394. The lowest BCUT2D eigenvalue weighted by molar-refractivity contribution is -0.120. The van der Waals surface area contributed by atoms with Crippen molar-refractivity contribution in [3.63, 3.8) is 0 Å². The molecule has 2 rings (SSSR count). The first-order valence-electron chi connectivity index (χ1n) is 7.75. The van der Waals surface area contributed by atoms with Gasteiger partial charge in [0.15, 0.2) is 0 Å². The number of Topliss-reactive ketones (excluding diaryl/α,β-unsaturated/α-hetero) is 1. The third-order valence-corrected chi connectivity index (χ3v) is 4.25. The topological polar surface area (TPSA) is 61.9 Å². The summed E-state index contributed by atoms with van der Waals surface area (Å²) in [7, 11) is 0. The molecule has 1 fully saturated rings. The van der Waals surface area contributed by atoms with Gasteiger partial charge in [-0.3, -0.25) is 4.79 Å². The number of nitrogens with one attached hydrogen (secondary N) is 1. The molecule has 0 unspecified atom stereocenters. The van der Waals surface area contributed by atoms with E-state index in [1.165, 1.54) is 12.8 Å². The summed E-state index contributed by atoms with van der Waals surface area (Å²) in [5, 5.41) is 10.4. The Morgan fingerprint density at radius 3 is 2.80 bits per heavy atom. The number of H-pyrrole nitrogens is 1. The van der Waals surface area contributed by atoms with Crippen LogP contribution in [-0.4, -0.2) is 45.2 Å². The summed E-state index contributed by atoms with van der Waals surface area (Å²) in [4.78, 5) is 14.5. The van der Waals surface area contributed by atoms with Crippen molar-refractivity contribution in [1.29, 1.82) is 0 Å². The van der Waals surface area contributed by atoms with Crippen LogP contribution in [0.2, 0.25) is 0 Å². The van der Waals surface area contributed by atoms with E-state index in [1.54, 1.807) is 6.20 Å².